The lowest BCUT2D eigenvalue weighted by Crippen LogP contribution is -2.19. The number of rotatable bonds is 8. The van der Waals surface area contributed by atoms with Crippen LogP contribution < -0.4 is 5.32 Å². The molecule has 0 aliphatic heterocycles. The van der Waals surface area contributed by atoms with E-state index in [-0.39, 0.29) is 0 Å². The Balaban J connectivity index is 2.43. The summed E-state index contributed by atoms with van der Waals surface area (Å²) >= 11 is 0. The van der Waals surface area contributed by atoms with Gasteiger partial charge in [-0.3, -0.25) is 0 Å². The molecule has 1 aromatic carbocycles. The third-order valence-corrected chi connectivity index (χ3v) is 2.38. The van der Waals surface area contributed by atoms with Gasteiger partial charge in [-0.1, -0.05) is 24.3 Å². The van der Waals surface area contributed by atoms with Gasteiger partial charge in [-0.2, -0.15) is 0 Å². The lowest BCUT2D eigenvalue weighted by atomic mass is 10.1. The van der Waals surface area contributed by atoms with Gasteiger partial charge in [0.2, 0.25) is 0 Å². The molecule has 0 aliphatic carbocycles. The second kappa shape index (κ2) is 8.28. The molecule has 1 aromatic rings. The molecule has 3 nitrogen and oxygen atoms in total. The van der Waals surface area contributed by atoms with Crippen LogP contribution in [-0.2, 0) is 22.6 Å². The zero-order valence-corrected chi connectivity index (χ0v) is 10.2. The summed E-state index contributed by atoms with van der Waals surface area (Å²) in [6, 6.07) is 8.35. The summed E-state index contributed by atoms with van der Waals surface area (Å²) in [5.41, 5.74) is 2.56. The van der Waals surface area contributed by atoms with Gasteiger partial charge in [0.05, 0.1) is 13.2 Å². The highest BCUT2D eigenvalue weighted by Gasteiger charge is 2.00. The normalized spacial score (nSPS) is 10.6. The van der Waals surface area contributed by atoms with E-state index < -0.39 is 0 Å². The highest BCUT2D eigenvalue weighted by molar-refractivity contribution is 5.26. The molecule has 0 aliphatic rings. The highest BCUT2D eigenvalue weighted by atomic mass is 16.5. The maximum Gasteiger partial charge on any atom is 0.0719 e. The van der Waals surface area contributed by atoms with Gasteiger partial charge in [-0.15, -0.1) is 0 Å². The van der Waals surface area contributed by atoms with Crippen molar-refractivity contribution in [2.45, 2.75) is 20.1 Å². The average molecular weight is 223 g/mol. The third-order valence-electron chi connectivity index (χ3n) is 2.38. The van der Waals surface area contributed by atoms with E-state index in [0.717, 1.165) is 26.3 Å². The molecule has 0 unspecified atom stereocenters. The summed E-state index contributed by atoms with van der Waals surface area (Å²) in [7, 11) is 1.71. The molecule has 0 radical (unpaired) electrons. The molecule has 90 valence electrons. The topological polar surface area (TPSA) is 30.5 Å². The fourth-order valence-electron chi connectivity index (χ4n) is 1.48. The maximum atomic E-state index is 5.44. The molecular formula is C13H21NO2. The number of hydrogen-bond donors (Lipinski definition) is 1. The Morgan fingerprint density at radius 1 is 1.19 bits per heavy atom. The summed E-state index contributed by atoms with van der Waals surface area (Å²) in [6.45, 7) is 5.95. The molecular weight excluding hydrogens is 202 g/mol. The van der Waals surface area contributed by atoms with E-state index in [9.17, 15) is 0 Å². The minimum atomic E-state index is 0.693. The van der Waals surface area contributed by atoms with E-state index in [1.807, 2.05) is 13.0 Å². The first-order valence-corrected chi connectivity index (χ1v) is 5.72. The largest absolute Gasteiger partial charge is 0.383 e. The van der Waals surface area contributed by atoms with Gasteiger partial charge in [0.1, 0.15) is 0 Å². The van der Waals surface area contributed by atoms with Crippen molar-refractivity contribution in [3.05, 3.63) is 35.4 Å². The summed E-state index contributed by atoms with van der Waals surface area (Å²) in [6.07, 6.45) is 0. The Labute approximate surface area is 97.8 Å². The second-order valence-corrected chi connectivity index (χ2v) is 3.58. The summed E-state index contributed by atoms with van der Waals surface area (Å²) in [5.74, 6) is 0. The highest BCUT2D eigenvalue weighted by Crippen LogP contribution is 2.09. The quantitative estimate of drug-likeness (QED) is 0.683. The minimum Gasteiger partial charge on any atom is -0.383 e. The maximum absolute atomic E-state index is 5.44. The Morgan fingerprint density at radius 3 is 2.62 bits per heavy atom. The Hall–Kier alpha value is -0.900. The van der Waals surface area contributed by atoms with Gasteiger partial charge in [-0.25, -0.2) is 0 Å². The van der Waals surface area contributed by atoms with Crippen molar-refractivity contribution >= 4 is 0 Å². The van der Waals surface area contributed by atoms with Crippen molar-refractivity contribution in [3.63, 3.8) is 0 Å². The predicted molar refractivity (Wildman–Crippen MR) is 65.4 cm³/mol. The molecule has 0 atom stereocenters. The zero-order valence-electron chi connectivity index (χ0n) is 10.2. The van der Waals surface area contributed by atoms with Crippen molar-refractivity contribution in [2.75, 3.05) is 26.9 Å². The van der Waals surface area contributed by atoms with Crippen LogP contribution in [0.5, 0.6) is 0 Å². The molecule has 0 heterocycles. The van der Waals surface area contributed by atoms with Crippen molar-refractivity contribution in [1.82, 2.24) is 5.32 Å². The number of nitrogens with one attached hydrogen (secondary N) is 1. The van der Waals surface area contributed by atoms with Gasteiger partial charge in [-0.05, 0) is 18.1 Å². The standard InChI is InChI=1S/C13H21NO2/c1-3-16-11-13-7-5-4-6-12(13)10-14-8-9-15-2/h4-7,14H,3,8-11H2,1-2H3. The summed E-state index contributed by atoms with van der Waals surface area (Å²) < 4.78 is 10.4. The molecule has 0 amide bonds. The van der Waals surface area contributed by atoms with Crippen LogP contribution in [0.1, 0.15) is 18.1 Å². The number of methoxy groups -OCH3 is 1. The zero-order chi connectivity index (χ0) is 11.6. The van der Waals surface area contributed by atoms with Crippen LogP contribution in [-0.4, -0.2) is 26.9 Å². The molecule has 0 saturated heterocycles. The molecule has 0 bridgehead atoms. The van der Waals surface area contributed by atoms with E-state index in [0.29, 0.717) is 6.61 Å². The van der Waals surface area contributed by atoms with Gasteiger partial charge in [0.25, 0.3) is 0 Å². The molecule has 3 heteroatoms. The average Bonchev–Trinajstić information content (AvgIpc) is 2.33. The number of ether oxygens (including phenoxy) is 2. The minimum absolute atomic E-state index is 0.693. The number of benzene rings is 1. The molecule has 0 spiro atoms. The lowest BCUT2D eigenvalue weighted by Gasteiger charge is -2.10. The monoisotopic (exact) mass is 223 g/mol. The fourth-order valence-corrected chi connectivity index (χ4v) is 1.48. The van der Waals surface area contributed by atoms with Crippen LogP contribution >= 0.6 is 0 Å². The van der Waals surface area contributed by atoms with E-state index in [2.05, 4.69) is 23.5 Å². The molecule has 16 heavy (non-hydrogen) atoms. The van der Waals surface area contributed by atoms with Gasteiger partial charge < -0.3 is 14.8 Å². The van der Waals surface area contributed by atoms with E-state index in [4.69, 9.17) is 9.47 Å². The van der Waals surface area contributed by atoms with Crippen LogP contribution in [0.15, 0.2) is 24.3 Å². The van der Waals surface area contributed by atoms with Gasteiger partial charge >= 0.3 is 0 Å². The molecule has 0 saturated carbocycles. The van der Waals surface area contributed by atoms with E-state index >= 15 is 0 Å². The summed E-state index contributed by atoms with van der Waals surface area (Å²) in [4.78, 5) is 0. The summed E-state index contributed by atoms with van der Waals surface area (Å²) in [5, 5.41) is 3.34. The van der Waals surface area contributed by atoms with E-state index in [1.54, 1.807) is 7.11 Å². The predicted octanol–water partition coefficient (Wildman–Crippen LogP) is 1.96. The van der Waals surface area contributed by atoms with Crippen LogP contribution in [0.2, 0.25) is 0 Å². The van der Waals surface area contributed by atoms with Crippen LogP contribution in [0, 0.1) is 0 Å². The van der Waals surface area contributed by atoms with Crippen molar-refractivity contribution < 1.29 is 9.47 Å². The van der Waals surface area contributed by atoms with Crippen LogP contribution in [0.3, 0.4) is 0 Å². The second-order valence-electron chi connectivity index (χ2n) is 3.58. The van der Waals surface area contributed by atoms with Crippen molar-refractivity contribution in [1.29, 1.82) is 0 Å². The van der Waals surface area contributed by atoms with Crippen LogP contribution in [0.25, 0.3) is 0 Å². The lowest BCUT2D eigenvalue weighted by molar-refractivity contribution is 0.133. The Bertz CT molecular complexity index is 289. The molecule has 0 fully saturated rings. The van der Waals surface area contributed by atoms with Crippen LogP contribution in [0.4, 0.5) is 0 Å². The van der Waals surface area contributed by atoms with Crippen molar-refractivity contribution in [3.8, 4) is 0 Å². The third kappa shape index (κ3) is 4.75. The smallest absolute Gasteiger partial charge is 0.0719 e. The first-order chi connectivity index (χ1) is 7.88. The van der Waals surface area contributed by atoms with Crippen molar-refractivity contribution in [2.24, 2.45) is 0 Å². The van der Waals surface area contributed by atoms with Gasteiger partial charge in [0.15, 0.2) is 0 Å². The first-order valence-electron chi connectivity index (χ1n) is 5.72. The molecule has 1 N–H and O–H groups in total. The molecule has 0 aromatic heterocycles. The number of hydrogen-bond acceptors (Lipinski definition) is 3. The fraction of sp³-hybridized carbons (Fsp3) is 0.538. The Morgan fingerprint density at radius 2 is 1.94 bits per heavy atom. The first kappa shape index (κ1) is 13.2. The Kier molecular flexibility index (Phi) is 6.81. The van der Waals surface area contributed by atoms with E-state index in [1.165, 1.54) is 11.1 Å². The van der Waals surface area contributed by atoms with Gasteiger partial charge in [0, 0.05) is 26.8 Å². The molecule has 1 rings (SSSR count). The SMILES string of the molecule is CCOCc1ccccc1CNCCOC.